The molecule has 2 aromatic carbocycles. The van der Waals surface area contributed by atoms with Gasteiger partial charge < -0.3 is 0 Å². The van der Waals surface area contributed by atoms with Crippen molar-refractivity contribution in [1.29, 1.82) is 0 Å². The lowest BCUT2D eigenvalue weighted by Gasteiger charge is -2.42. The predicted octanol–water partition coefficient (Wildman–Crippen LogP) is 6.60. The van der Waals surface area contributed by atoms with Crippen LogP contribution in [0.5, 0.6) is 0 Å². The second-order valence-electron chi connectivity index (χ2n) is 8.27. The van der Waals surface area contributed by atoms with Gasteiger partial charge in [-0.25, -0.2) is 0 Å². The molecule has 2 aromatic rings. The summed E-state index contributed by atoms with van der Waals surface area (Å²) in [5.74, 6) is 0. The van der Waals surface area contributed by atoms with Gasteiger partial charge in [0.1, 0.15) is 0 Å². The van der Waals surface area contributed by atoms with E-state index < -0.39 is 0 Å². The minimum Gasteiger partial charge on any atom is -0.0622 e. The SMILES string of the molecule is C/C(=C/c1ccc2c(c1)C(C)(C)CCC2(C)C)c1ccccc1. The topological polar surface area (TPSA) is 0 Å². The predicted molar refractivity (Wildman–Crippen MR) is 102 cm³/mol. The van der Waals surface area contributed by atoms with Gasteiger partial charge in [-0.1, -0.05) is 82.3 Å². The molecule has 120 valence electrons. The summed E-state index contributed by atoms with van der Waals surface area (Å²) in [6, 6.07) is 17.7. The van der Waals surface area contributed by atoms with E-state index in [0.717, 1.165) is 0 Å². The van der Waals surface area contributed by atoms with Crippen LogP contribution in [0.1, 0.15) is 69.7 Å². The van der Waals surface area contributed by atoms with Crippen molar-refractivity contribution in [2.45, 2.75) is 58.3 Å². The van der Waals surface area contributed by atoms with E-state index in [4.69, 9.17) is 0 Å². The Hall–Kier alpha value is -1.82. The summed E-state index contributed by atoms with van der Waals surface area (Å²) in [7, 11) is 0. The van der Waals surface area contributed by atoms with Crippen LogP contribution in [0.2, 0.25) is 0 Å². The monoisotopic (exact) mass is 304 g/mol. The van der Waals surface area contributed by atoms with Crippen molar-refractivity contribution in [1.82, 2.24) is 0 Å². The van der Waals surface area contributed by atoms with Crippen molar-refractivity contribution in [3.63, 3.8) is 0 Å². The maximum Gasteiger partial charge on any atom is -0.0100 e. The lowest BCUT2D eigenvalue weighted by atomic mass is 9.63. The van der Waals surface area contributed by atoms with Crippen LogP contribution in [-0.4, -0.2) is 0 Å². The Morgan fingerprint density at radius 3 is 2.09 bits per heavy atom. The zero-order chi connectivity index (χ0) is 16.7. The zero-order valence-corrected chi connectivity index (χ0v) is 15.1. The molecule has 0 fully saturated rings. The van der Waals surface area contributed by atoms with Gasteiger partial charge in [-0.15, -0.1) is 0 Å². The van der Waals surface area contributed by atoms with Crippen LogP contribution >= 0.6 is 0 Å². The summed E-state index contributed by atoms with van der Waals surface area (Å²) < 4.78 is 0. The van der Waals surface area contributed by atoms with Gasteiger partial charge in [0.05, 0.1) is 0 Å². The molecule has 0 bridgehead atoms. The van der Waals surface area contributed by atoms with Crippen molar-refractivity contribution < 1.29 is 0 Å². The number of fused-ring (bicyclic) bond motifs is 1. The van der Waals surface area contributed by atoms with Gasteiger partial charge in [-0.05, 0) is 58.4 Å². The average molecular weight is 304 g/mol. The van der Waals surface area contributed by atoms with Crippen LogP contribution in [0, 0.1) is 0 Å². The van der Waals surface area contributed by atoms with Crippen LogP contribution in [-0.2, 0) is 10.8 Å². The zero-order valence-electron chi connectivity index (χ0n) is 15.1. The van der Waals surface area contributed by atoms with Crippen molar-refractivity contribution in [3.8, 4) is 0 Å². The fourth-order valence-electron chi connectivity index (χ4n) is 3.73. The molecule has 0 saturated heterocycles. The quantitative estimate of drug-likeness (QED) is 0.548. The fraction of sp³-hybridized carbons (Fsp3) is 0.391. The van der Waals surface area contributed by atoms with E-state index in [2.05, 4.69) is 89.2 Å². The summed E-state index contributed by atoms with van der Waals surface area (Å²) >= 11 is 0. The minimum absolute atomic E-state index is 0.273. The molecule has 0 unspecified atom stereocenters. The molecule has 23 heavy (non-hydrogen) atoms. The van der Waals surface area contributed by atoms with Gasteiger partial charge in [0.15, 0.2) is 0 Å². The van der Waals surface area contributed by atoms with Gasteiger partial charge in [0.25, 0.3) is 0 Å². The molecule has 1 aliphatic carbocycles. The normalized spacial score (nSPS) is 19.3. The van der Waals surface area contributed by atoms with Gasteiger partial charge in [0, 0.05) is 0 Å². The van der Waals surface area contributed by atoms with Gasteiger partial charge in [-0.2, -0.15) is 0 Å². The Morgan fingerprint density at radius 2 is 1.43 bits per heavy atom. The lowest BCUT2D eigenvalue weighted by Crippen LogP contribution is -2.33. The molecule has 0 saturated carbocycles. The summed E-state index contributed by atoms with van der Waals surface area (Å²) in [6.07, 6.45) is 4.84. The first-order chi connectivity index (χ1) is 10.8. The summed E-state index contributed by atoms with van der Waals surface area (Å²) in [5, 5.41) is 0. The molecule has 0 heterocycles. The Balaban J connectivity index is 2.04. The average Bonchev–Trinajstić information content (AvgIpc) is 2.53. The fourth-order valence-corrected chi connectivity index (χ4v) is 3.73. The molecule has 0 aromatic heterocycles. The molecule has 0 nitrogen and oxygen atoms in total. The van der Waals surface area contributed by atoms with Gasteiger partial charge in [-0.3, -0.25) is 0 Å². The third-order valence-corrected chi connectivity index (χ3v) is 5.49. The van der Waals surface area contributed by atoms with E-state index >= 15 is 0 Å². The first-order valence-electron chi connectivity index (χ1n) is 8.68. The number of hydrogen-bond acceptors (Lipinski definition) is 0. The number of hydrogen-bond donors (Lipinski definition) is 0. The van der Waals surface area contributed by atoms with Crippen LogP contribution in [0.4, 0.5) is 0 Å². The van der Waals surface area contributed by atoms with Gasteiger partial charge in [0.2, 0.25) is 0 Å². The molecule has 0 amide bonds. The van der Waals surface area contributed by atoms with Crippen molar-refractivity contribution in [3.05, 3.63) is 70.8 Å². The Morgan fingerprint density at radius 1 is 0.826 bits per heavy atom. The van der Waals surface area contributed by atoms with Crippen LogP contribution < -0.4 is 0 Å². The Labute approximate surface area is 141 Å². The van der Waals surface area contributed by atoms with Crippen molar-refractivity contribution in [2.24, 2.45) is 0 Å². The maximum absolute atomic E-state index is 2.42. The first-order valence-corrected chi connectivity index (χ1v) is 8.68. The van der Waals surface area contributed by atoms with E-state index in [1.54, 1.807) is 0 Å². The van der Waals surface area contributed by atoms with E-state index in [9.17, 15) is 0 Å². The maximum atomic E-state index is 2.42. The third-order valence-electron chi connectivity index (χ3n) is 5.49. The highest BCUT2D eigenvalue weighted by molar-refractivity contribution is 5.80. The third kappa shape index (κ3) is 3.13. The molecular formula is C23H28. The molecule has 1 aliphatic rings. The molecule has 3 rings (SSSR count). The standard InChI is InChI=1S/C23H28/c1-17(19-9-7-6-8-10-19)15-18-11-12-20-21(16-18)23(4,5)14-13-22(20,2)3/h6-12,15-16H,13-14H2,1-5H3/b17-15-. The van der Waals surface area contributed by atoms with E-state index in [1.165, 1.54) is 40.7 Å². The van der Waals surface area contributed by atoms with Crippen LogP contribution in [0.3, 0.4) is 0 Å². The Kier molecular flexibility index (Phi) is 3.96. The minimum atomic E-state index is 0.273. The second-order valence-corrected chi connectivity index (χ2v) is 8.27. The van der Waals surface area contributed by atoms with Crippen molar-refractivity contribution >= 4 is 11.6 Å². The number of benzene rings is 2. The molecule has 0 spiro atoms. The molecule has 0 N–H and O–H groups in total. The number of rotatable bonds is 2. The smallest absolute Gasteiger partial charge is 0.0100 e. The van der Waals surface area contributed by atoms with Crippen molar-refractivity contribution in [2.75, 3.05) is 0 Å². The summed E-state index contributed by atoms with van der Waals surface area (Å²) in [6.45, 7) is 11.7. The molecule has 0 aliphatic heterocycles. The second kappa shape index (κ2) is 5.67. The number of allylic oxidation sites excluding steroid dienone is 1. The Bertz CT molecular complexity index is 730. The van der Waals surface area contributed by atoms with Gasteiger partial charge >= 0.3 is 0 Å². The summed E-state index contributed by atoms with van der Waals surface area (Å²) in [4.78, 5) is 0. The summed E-state index contributed by atoms with van der Waals surface area (Å²) in [5.41, 5.74) is 7.56. The first kappa shape index (κ1) is 16.1. The largest absolute Gasteiger partial charge is 0.0622 e. The molecule has 0 atom stereocenters. The van der Waals surface area contributed by atoms with E-state index in [-0.39, 0.29) is 5.41 Å². The van der Waals surface area contributed by atoms with Crippen LogP contribution in [0.25, 0.3) is 11.6 Å². The van der Waals surface area contributed by atoms with E-state index in [0.29, 0.717) is 5.41 Å². The molecular weight excluding hydrogens is 276 g/mol. The van der Waals surface area contributed by atoms with Crippen LogP contribution in [0.15, 0.2) is 48.5 Å². The van der Waals surface area contributed by atoms with E-state index in [1.807, 2.05) is 0 Å². The highest BCUT2D eigenvalue weighted by Crippen LogP contribution is 2.46. The highest BCUT2D eigenvalue weighted by Gasteiger charge is 2.36. The highest BCUT2D eigenvalue weighted by atomic mass is 14.4. The lowest BCUT2D eigenvalue weighted by molar-refractivity contribution is 0.332. The molecule has 0 radical (unpaired) electrons. The molecule has 0 heteroatoms.